The lowest BCUT2D eigenvalue weighted by molar-refractivity contribution is -0.142. The standard InChI is InChI=1S/C31H32N2O3S/c1-2-36-29(34)19-25-20-37-31(32-25)33-30(35)28(18-21-8-3-4-9-21)24-16-14-23(15-17-24)27-13-7-11-22-10-5-6-12-26(22)27/h5-7,10-17,20-21,28H,2-4,8-9,18-19H2,1H3,(H,32,33,35). The lowest BCUT2D eigenvalue weighted by atomic mass is 9.86. The van der Waals surface area contributed by atoms with Gasteiger partial charge in [-0.25, -0.2) is 4.98 Å². The monoisotopic (exact) mass is 512 g/mol. The van der Waals surface area contributed by atoms with Crippen molar-refractivity contribution in [2.75, 3.05) is 11.9 Å². The molecule has 0 aliphatic heterocycles. The summed E-state index contributed by atoms with van der Waals surface area (Å²) >= 11 is 1.34. The summed E-state index contributed by atoms with van der Waals surface area (Å²) in [4.78, 5) is 29.8. The smallest absolute Gasteiger partial charge is 0.311 e. The van der Waals surface area contributed by atoms with E-state index in [1.54, 1.807) is 12.3 Å². The van der Waals surface area contributed by atoms with Crippen molar-refractivity contribution < 1.29 is 14.3 Å². The first-order valence-electron chi connectivity index (χ1n) is 13.1. The van der Waals surface area contributed by atoms with E-state index in [0.29, 0.717) is 23.4 Å². The first-order valence-corrected chi connectivity index (χ1v) is 14.0. The highest BCUT2D eigenvalue weighted by Crippen LogP contribution is 2.36. The molecule has 0 bridgehead atoms. The van der Waals surface area contributed by atoms with Crippen LogP contribution < -0.4 is 5.32 Å². The van der Waals surface area contributed by atoms with Crippen LogP contribution in [0.5, 0.6) is 0 Å². The van der Waals surface area contributed by atoms with Crippen molar-refractivity contribution >= 4 is 39.1 Å². The first kappa shape index (κ1) is 25.2. The molecule has 1 N–H and O–H groups in total. The van der Waals surface area contributed by atoms with E-state index in [1.807, 2.05) is 0 Å². The Labute approximate surface area is 221 Å². The number of rotatable bonds is 9. The Morgan fingerprint density at radius 3 is 2.57 bits per heavy atom. The molecule has 190 valence electrons. The lowest BCUT2D eigenvalue weighted by Gasteiger charge is -2.20. The van der Waals surface area contributed by atoms with Gasteiger partial charge >= 0.3 is 5.97 Å². The van der Waals surface area contributed by atoms with Crippen LogP contribution in [0.3, 0.4) is 0 Å². The zero-order chi connectivity index (χ0) is 25.6. The quantitative estimate of drug-likeness (QED) is 0.238. The van der Waals surface area contributed by atoms with Crippen LogP contribution in [0.1, 0.15) is 56.2 Å². The number of nitrogens with one attached hydrogen (secondary N) is 1. The van der Waals surface area contributed by atoms with Gasteiger partial charge in [-0.05, 0) is 46.7 Å². The second kappa shape index (κ2) is 11.7. The number of benzene rings is 3. The van der Waals surface area contributed by atoms with Crippen molar-refractivity contribution in [2.24, 2.45) is 5.92 Å². The molecule has 1 aromatic heterocycles. The average Bonchev–Trinajstić information content (AvgIpc) is 3.59. The normalized spacial score (nSPS) is 14.5. The molecule has 0 spiro atoms. The van der Waals surface area contributed by atoms with Crippen molar-refractivity contribution in [3.63, 3.8) is 0 Å². The first-order chi connectivity index (χ1) is 18.1. The van der Waals surface area contributed by atoms with E-state index in [9.17, 15) is 9.59 Å². The third kappa shape index (κ3) is 6.08. The zero-order valence-corrected chi connectivity index (χ0v) is 21.9. The number of anilines is 1. The van der Waals surface area contributed by atoms with Gasteiger partial charge in [-0.3, -0.25) is 9.59 Å². The minimum absolute atomic E-state index is 0.0400. The van der Waals surface area contributed by atoms with Gasteiger partial charge in [0.2, 0.25) is 5.91 Å². The average molecular weight is 513 g/mol. The summed E-state index contributed by atoms with van der Waals surface area (Å²) in [5, 5.41) is 7.79. The molecule has 5 rings (SSSR count). The van der Waals surface area contributed by atoms with Crippen LogP contribution in [0.25, 0.3) is 21.9 Å². The summed E-state index contributed by atoms with van der Waals surface area (Å²) in [7, 11) is 0. The van der Waals surface area contributed by atoms with E-state index < -0.39 is 0 Å². The van der Waals surface area contributed by atoms with Gasteiger partial charge in [-0.1, -0.05) is 92.4 Å². The number of fused-ring (bicyclic) bond motifs is 1. The van der Waals surface area contributed by atoms with E-state index in [4.69, 9.17) is 4.74 Å². The molecule has 1 saturated carbocycles. The SMILES string of the molecule is CCOC(=O)Cc1csc(NC(=O)C(CC2CCCC2)c2ccc(-c3cccc4ccccc34)cc2)n1. The zero-order valence-electron chi connectivity index (χ0n) is 21.1. The second-order valence-electron chi connectivity index (χ2n) is 9.70. The molecule has 1 amide bonds. The van der Waals surface area contributed by atoms with Crippen molar-refractivity contribution in [1.29, 1.82) is 0 Å². The molecule has 5 nitrogen and oxygen atoms in total. The van der Waals surface area contributed by atoms with E-state index in [2.05, 4.69) is 77.0 Å². The molecule has 3 aromatic carbocycles. The fourth-order valence-electron chi connectivity index (χ4n) is 5.34. The minimum Gasteiger partial charge on any atom is -0.466 e. The van der Waals surface area contributed by atoms with Crippen molar-refractivity contribution in [2.45, 2.75) is 51.4 Å². The van der Waals surface area contributed by atoms with Crippen LogP contribution in [0.15, 0.2) is 72.1 Å². The van der Waals surface area contributed by atoms with E-state index in [-0.39, 0.29) is 24.2 Å². The van der Waals surface area contributed by atoms with E-state index >= 15 is 0 Å². The van der Waals surface area contributed by atoms with Crippen LogP contribution in [0, 0.1) is 5.92 Å². The van der Waals surface area contributed by atoms with Gasteiger partial charge in [0.1, 0.15) is 0 Å². The summed E-state index contributed by atoms with van der Waals surface area (Å²) in [6, 6.07) is 23.2. The summed E-state index contributed by atoms with van der Waals surface area (Å²) in [5.74, 6) is -0.0378. The number of amides is 1. The molecule has 1 heterocycles. The van der Waals surface area contributed by atoms with Crippen molar-refractivity contribution in [1.82, 2.24) is 4.98 Å². The van der Waals surface area contributed by atoms with E-state index in [1.165, 1.54) is 53.4 Å². The van der Waals surface area contributed by atoms with Crippen LogP contribution in [0.4, 0.5) is 5.13 Å². The summed E-state index contributed by atoms with van der Waals surface area (Å²) < 4.78 is 5.01. The molecular weight excluding hydrogens is 480 g/mol. The summed E-state index contributed by atoms with van der Waals surface area (Å²) in [5.41, 5.74) is 3.98. The molecule has 0 saturated heterocycles. The topological polar surface area (TPSA) is 68.3 Å². The van der Waals surface area contributed by atoms with E-state index in [0.717, 1.165) is 17.5 Å². The van der Waals surface area contributed by atoms with Crippen LogP contribution >= 0.6 is 11.3 Å². The number of esters is 1. The third-order valence-electron chi connectivity index (χ3n) is 7.19. The van der Waals surface area contributed by atoms with Gasteiger partial charge in [0, 0.05) is 5.38 Å². The minimum atomic E-state index is -0.309. The van der Waals surface area contributed by atoms with Gasteiger partial charge < -0.3 is 10.1 Å². The van der Waals surface area contributed by atoms with Gasteiger partial charge in [0.15, 0.2) is 5.13 Å². The highest BCUT2D eigenvalue weighted by atomic mass is 32.1. The maximum Gasteiger partial charge on any atom is 0.311 e. The number of hydrogen-bond acceptors (Lipinski definition) is 5. The highest BCUT2D eigenvalue weighted by molar-refractivity contribution is 7.13. The largest absolute Gasteiger partial charge is 0.466 e. The van der Waals surface area contributed by atoms with Crippen molar-refractivity contribution in [3.8, 4) is 11.1 Å². The number of hydrogen-bond donors (Lipinski definition) is 1. The number of thiazole rings is 1. The molecule has 6 heteroatoms. The van der Waals surface area contributed by atoms with Crippen LogP contribution in [-0.2, 0) is 20.7 Å². The molecule has 1 aliphatic carbocycles. The fourth-order valence-corrected chi connectivity index (χ4v) is 6.06. The number of ether oxygens (including phenoxy) is 1. The molecule has 1 fully saturated rings. The Bertz CT molecular complexity index is 1370. The molecule has 4 aromatic rings. The molecule has 37 heavy (non-hydrogen) atoms. The van der Waals surface area contributed by atoms with Gasteiger partial charge in [0.05, 0.1) is 24.6 Å². The van der Waals surface area contributed by atoms with Gasteiger partial charge in [-0.2, -0.15) is 0 Å². The Balaban J connectivity index is 1.36. The number of carbonyl (C=O) groups is 2. The second-order valence-corrected chi connectivity index (χ2v) is 10.6. The maximum atomic E-state index is 13.5. The Hall–Kier alpha value is -3.51. The van der Waals surface area contributed by atoms with Crippen LogP contribution in [0.2, 0.25) is 0 Å². The number of aromatic nitrogens is 1. The lowest BCUT2D eigenvalue weighted by Crippen LogP contribution is -2.23. The third-order valence-corrected chi connectivity index (χ3v) is 7.99. The summed E-state index contributed by atoms with van der Waals surface area (Å²) in [6.45, 7) is 2.12. The predicted octanol–water partition coefficient (Wildman–Crippen LogP) is 7.37. The molecular formula is C31H32N2O3S. The molecule has 1 aliphatic rings. The summed E-state index contributed by atoms with van der Waals surface area (Å²) in [6.07, 6.45) is 5.78. The Kier molecular flexibility index (Phi) is 7.95. The molecule has 1 unspecified atom stereocenters. The highest BCUT2D eigenvalue weighted by Gasteiger charge is 2.27. The van der Waals surface area contributed by atoms with Crippen LogP contribution in [-0.4, -0.2) is 23.5 Å². The van der Waals surface area contributed by atoms with Crippen molar-refractivity contribution in [3.05, 3.63) is 83.4 Å². The van der Waals surface area contributed by atoms with Gasteiger partial charge in [0.25, 0.3) is 0 Å². The van der Waals surface area contributed by atoms with Gasteiger partial charge in [-0.15, -0.1) is 11.3 Å². The number of nitrogens with zero attached hydrogens (tertiary/aromatic N) is 1. The fraction of sp³-hybridized carbons (Fsp3) is 0.323. The molecule has 1 atom stereocenters. The molecule has 0 radical (unpaired) electrons. The predicted molar refractivity (Wildman–Crippen MR) is 150 cm³/mol. The maximum absolute atomic E-state index is 13.5. The Morgan fingerprint density at radius 1 is 1.03 bits per heavy atom. The number of carbonyl (C=O) groups excluding carboxylic acids is 2. The Morgan fingerprint density at radius 2 is 1.78 bits per heavy atom.